The molecule has 0 amide bonds. The number of likely N-dealkylation sites (N-methyl/N-ethyl adjacent to an activating group) is 1. The summed E-state index contributed by atoms with van der Waals surface area (Å²) in [5, 5.41) is 0. The molecule has 0 N–H and O–H groups in total. The topological polar surface area (TPSA) is 38.8 Å². The molecular formula is C16H21NO3. The van der Waals surface area contributed by atoms with Crippen LogP contribution in [0.15, 0.2) is 18.2 Å². The normalized spacial score (nSPS) is 22.4. The Kier molecular flexibility index (Phi) is 3.92. The molecule has 108 valence electrons. The number of fused-ring (bicyclic) bond motifs is 1. The van der Waals surface area contributed by atoms with E-state index < -0.39 is 0 Å². The molecule has 1 aromatic carbocycles. The minimum absolute atomic E-state index is 0.226. The summed E-state index contributed by atoms with van der Waals surface area (Å²) in [5.41, 5.74) is 1.61. The number of hydrogen-bond acceptors (Lipinski definition) is 4. The smallest absolute Gasteiger partial charge is 0.338 e. The van der Waals surface area contributed by atoms with Crippen molar-refractivity contribution in [2.75, 3.05) is 19.7 Å². The van der Waals surface area contributed by atoms with Crippen molar-refractivity contribution in [3.63, 3.8) is 0 Å². The Morgan fingerprint density at radius 3 is 3.15 bits per heavy atom. The van der Waals surface area contributed by atoms with Gasteiger partial charge in [-0.25, -0.2) is 4.79 Å². The number of nitrogens with zero attached hydrogens (tertiary/aromatic N) is 1. The van der Waals surface area contributed by atoms with Crippen molar-refractivity contribution in [2.24, 2.45) is 0 Å². The molecule has 4 heteroatoms. The molecule has 0 saturated carbocycles. The van der Waals surface area contributed by atoms with Crippen LogP contribution >= 0.6 is 0 Å². The predicted molar refractivity (Wildman–Crippen MR) is 75.9 cm³/mol. The number of benzene rings is 1. The molecule has 0 spiro atoms. The van der Waals surface area contributed by atoms with Crippen molar-refractivity contribution in [1.82, 2.24) is 4.90 Å². The molecule has 1 aromatic rings. The van der Waals surface area contributed by atoms with Gasteiger partial charge in [-0.3, -0.25) is 4.90 Å². The second-order valence-corrected chi connectivity index (χ2v) is 5.48. The molecule has 3 rings (SSSR count). The molecule has 1 fully saturated rings. The Morgan fingerprint density at radius 2 is 2.30 bits per heavy atom. The third kappa shape index (κ3) is 2.66. The van der Waals surface area contributed by atoms with Gasteiger partial charge in [0, 0.05) is 11.6 Å². The lowest BCUT2D eigenvalue weighted by atomic mass is 10.0. The number of carbonyl (C=O) groups excluding carboxylic acids is 1. The van der Waals surface area contributed by atoms with E-state index in [1.54, 1.807) is 6.07 Å². The van der Waals surface area contributed by atoms with Crippen molar-refractivity contribution >= 4 is 5.97 Å². The van der Waals surface area contributed by atoms with Crippen LogP contribution in [0.4, 0.5) is 0 Å². The Labute approximate surface area is 119 Å². The quantitative estimate of drug-likeness (QED) is 0.792. The second-order valence-electron chi connectivity index (χ2n) is 5.48. The standard InChI is InChI=1S/C16H21NO3/c1-2-17-8-4-3-5-13(17)11-19-14-6-7-15-12(9-14)10-20-16(15)18/h6-7,9,13H,2-5,8,10-11H2,1H3. The lowest BCUT2D eigenvalue weighted by Crippen LogP contribution is -2.42. The van der Waals surface area contributed by atoms with Crippen molar-refractivity contribution in [1.29, 1.82) is 0 Å². The van der Waals surface area contributed by atoms with Gasteiger partial charge in [0.15, 0.2) is 0 Å². The molecule has 0 aliphatic carbocycles. The Bertz CT molecular complexity index is 500. The van der Waals surface area contributed by atoms with Gasteiger partial charge in [-0.15, -0.1) is 0 Å². The van der Waals surface area contributed by atoms with Gasteiger partial charge in [0.1, 0.15) is 19.0 Å². The van der Waals surface area contributed by atoms with Crippen molar-refractivity contribution in [2.45, 2.75) is 38.8 Å². The Balaban J connectivity index is 1.62. The summed E-state index contributed by atoms with van der Waals surface area (Å²) in [6.07, 6.45) is 3.79. The first-order chi connectivity index (χ1) is 9.78. The highest BCUT2D eigenvalue weighted by Gasteiger charge is 2.23. The van der Waals surface area contributed by atoms with E-state index in [1.165, 1.54) is 25.8 Å². The summed E-state index contributed by atoms with van der Waals surface area (Å²) in [6, 6.07) is 6.11. The fourth-order valence-electron chi connectivity index (χ4n) is 3.06. The molecule has 2 heterocycles. The van der Waals surface area contributed by atoms with Gasteiger partial charge in [-0.05, 0) is 44.1 Å². The van der Waals surface area contributed by atoms with Crippen LogP contribution in [0.1, 0.15) is 42.1 Å². The van der Waals surface area contributed by atoms with Gasteiger partial charge >= 0.3 is 5.97 Å². The van der Waals surface area contributed by atoms with E-state index in [4.69, 9.17) is 9.47 Å². The summed E-state index contributed by atoms with van der Waals surface area (Å²) in [6.45, 7) is 5.56. The van der Waals surface area contributed by atoms with E-state index in [0.717, 1.165) is 24.5 Å². The van der Waals surface area contributed by atoms with Crippen LogP contribution in [0.2, 0.25) is 0 Å². The van der Waals surface area contributed by atoms with Crippen LogP contribution in [-0.4, -0.2) is 36.6 Å². The fraction of sp³-hybridized carbons (Fsp3) is 0.562. The predicted octanol–water partition coefficient (Wildman–Crippen LogP) is 2.61. The molecule has 0 aromatic heterocycles. The molecule has 2 aliphatic rings. The van der Waals surface area contributed by atoms with Crippen molar-refractivity contribution in [3.8, 4) is 5.75 Å². The van der Waals surface area contributed by atoms with Crippen LogP contribution in [0, 0.1) is 0 Å². The number of esters is 1. The highest BCUT2D eigenvalue weighted by Crippen LogP contribution is 2.25. The van der Waals surface area contributed by atoms with Crippen molar-refractivity contribution in [3.05, 3.63) is 29.3 Å². The van der Waals surface area contributed by atoms with Crippen molar-refractivity contribution < 1.29 is 14.3 Å². The van der Waals surface area contributed by atoms with E-state index in [0.29, 0.717) is 18.2 Å². The second kappa shape index (κ2) is 5.83. The number of ether oxygens (including phenoxy) is 2. The van der Waals surface area contributed by atoms with E-state index in [9.17, 15) is 4.79 Å². The molecule has 1 atom stereocenters. The van der Waals surface area contributed by atoms with E-state index in [1.807, 2.05) is 12.1 Å². The molecule has 2 aliphatic heterocycles. The van der Waals surface area contributed by atoms with Crippen LogP contribution in [0.25, 0.3) is 0 Å². The molecule has 20 heavy (non-hydrogen) atoms. The zero-order valence-electron chi connectivity index (χ0n) is 11.9. The van der Waals surface area contributed by atoms with Gasteiger partial charge < -0.3 is 9.47 Å². The summed E-state index contributed by atoms with van der Waals surface area (Å²) in [5.74, 6) is 0.611. The first kappa shape index (κ1) is 13.4. The van der Waals surface area contributed by atoms with Crippen LogP contribution < -0.4 is 4.74 Å². The maximum atomic E-state index is 11.4. The first-order valence-electron chi connectivity index (χ1n) is 7.45. The van der Waals surface area contributed by atoms with Gasteiger partial charge in [-0.2, -0.15) is 0 Å². The van der Waals surface area contributed by atoms with Gasteiger partial charge in [-0.1, -0.05) is 13.3 Å². The highest BCUT2D eigenvalue weighted by molar-refractivity contribution is 5.93. The minimum Gasteiger partial charge on any atom is -0.492 e. The van der Waals surface area contributed by atoms with Gasteiger partial charge in [0.2, 0.25) is 0 Å². The summed E-state index contributed by atoms with van der Waals surface area (Å²) >= 11 is 0. The van der Waals surface area contributed by atoms with E-state index in [-0.39, 0.29) is 5.97 Å². The molecule has 0 bridgehead atoms. The van der Waals surface area contributed by atoms with Crippen LogP contribution in [-0.2, 0) is 11.3 Å². The lowest BCUT2D eigenvalue weighted by Gasteiger charge is -2.34. The maximum Gasteiger partial charge on any atom is 0.338 e. The summed E-state index contributed by atoms with van der Waals surface area (Å²) in [7, 11) is 0. The summed E-state index contributed by atoms with van der Waals surface area (Å²) < 4.78 is 10.9. The molecule has 1 unspecified atom stereocenters. The number of rotatable bonds is 4. The Hall–Kier alpha value is -1.55. The average Bonchev–Trinajstić information content (AvgIpc) is 2.86. The minimum atomic E-state index is -0.226. The summed E-state index contributed by atoms with van der Waals surface area (Å²) in [4.78, 5) is 13.9. The van der Waals surface area contributed by atoms with E-state index >= 15 is 0 Å². The van der Waals surface area contributed by atoms with Crippen LogP contribution in [0.5, 0.6) is 5.75 Å². The number of likely N-dealkylation sites (tertiary alicyclic amines) is 1. The SMILES string of the molecule is CCN1CCCCC1COc1ccc2c(c1)COC2=O. The molecule has 1 saturated heterocycles. The first-order valence-corrected chi connectivity index (χ1v) is 7.45. The number of carbonyl (C=O) groups is 1. The third-order valence-corrected chi connectivity index (χ3v) is 4.25. The lowest BCUT2D eigenvalue weighted by molar-refractivity contribution is 0.0535. The van der Waals surface area contributed by atoms with E-state index in [2.05, 4.69) is 11.8 Å². The number of piperidine rings is 1. The average molecular weight is 275 g/mol. The van der Waals surface area contributed by atoms with Gasteiger partial charge in [0.25, 0.3) is 0 Å². The zero-order chi connectivity index (χ0) is 13.9. The fourth-order valence-corrected chi connectivity index (χ4v) is 3.06. The highest BCUT2D eigenvalue weighted by atomic mass is 16.5. The number of hydrogen-bond donors (Lipinski definition) is 0. The van der Waals surface area contributed by atoms with Crippen LogP contribution in [0.3, 0.4) is 0 Å². The van der Waals surface area contributed by atoms with Gasteiger partial charge in [0.05, 0.1) is 5.56 Å². The molecule has 0 radical (unpaired) electrons. The Morgan fingerprint density at radius 1 is 1.40 bits per heavy atom. The third-order valence-electron chi connectivity index (χ3n) is 4.25. The largest absolute Gasteiger partial charge is 0.492 e. The zero-order valence-corrected chi connectivity index (χ0v) is 11.9. The monoisotopic (exact) mass is 275 g/mol. The number of cyclic esters (lactones) is 1. The molecule has 4 nitrogen and oxygen atoms in total. The maximum absolute atomic E-state index is 11.4. The molecular weight excluding hydrogens is 254 g/mol.